The van der Waals surface area contributed by atoms with Crippen molar-refractivity contribution in [1.29, 1.82) is 0 Å². The van der Waals surface area contributed by atoms with Gasteiger partial charge in [0.15, 0.2) is 5.58 Å². The van der Waals surface area contributed by atoms with Gasteiger partial charge in [0, 0.05) is 0 Å². The zero-order valence-corrected chi connectivity index (χ0v) is 9.58. The number of unbranched alkanes of at least 4 members (excludes halogenated alkanes) is 3. The smallest absolute Gasteiger partial charge is 0.408 e. The van der Waals surface area contributed by atoms with Crippen molar-refractivity contribution in [2.24, 2.45) is 0 Å². The normalized spacial score (nSPS) is 11.1. The molecule has 3 nitrogen and oxygen atoms in total. The highest BCUT2D eigenvalue weighted by Gasteiger charge is 2.05. The van der Waals surface area contributed by atoms with Crippen LogP contribution in [0.5, 0.6) is 0 Å². The number of aryl methyl sites for hydroxylation is 1. The van der Waals surface area contributed by atoms with Crippen molar-refractivity contribution in [2.45, 2.75) is 39.0 Å². The summed E-state index contributed by atoms with van der Waals surface area (Å²) >= 11 is 0. The minimum absolute atomic E-state index is 0.365. The molecule has 0 spiro atoms. The second-order valence-corrected chi connectivity index (χ2v) is 4.12. The second-order valence-electron chi connectivity index (χ2n) is 4.12. The first-order chi connectivity index (χ1) is 7.81. The predicted octanol–water partition coefficient (Wildman–Crippen LogP) is 3.24. The lowest BCUT2D eigenvalue weighted by molar-refractivity contribution is 0.555. The molecule has 1 N–H and O–H groups in total. The van der Waals surface area contributed by atoms with Gasteiger partial charge in [0.2, 0.25) is 0 Å². The van der Waals surface area contributed by atoms with E-state index in [0.717, 1.165) is 11.9 Å². The fraction of sp³-hybridized carbons (Fsp3) is 0.462. The summed E-state index contributed by atoms with van der Waals surface area (Å²) in [5, 5.41) is 0. The van der Waals surface area contributed by atoms with Gasteiger partial charge < -0.3 is 4.42 Å². The Morgan fingerprint density at radius 2 is 2.12 bits per heavy atom. The molecular formula is C13H17NO2. The number of aromatic nitrogens is 1. The molecule has 0 radical (unpaired) electrons. The van der Waals surface area contributed by atoms with Gasteiger partial charge in [-0.15, -0.1) is 0 Å². The Kier molecular flexibility index (Phi) is 3.44. The molecule has 16 heavy (non-hydrogen) atoms. The number of hydrogen-bond donors (Lipinski definition) is 1. The molecule has 86 valence electrons. The van der Waals surface area contributed by atoms with Gasteiger partial charge in [0.25, 0.3) is 0 Å². The van der Waals surface area contributed by atoms with E-state index >= 15 is 0 Å². The lowest BCUT2D eigenvalue weighted by atomic mass is 10.1. The molecule has 2 rings (SSSR count). The van der Waals surface area contributed by atoms with Crippen LogP contribution in [0.25, 0.3) is 11.1 Å². The van der Waals surface area contributed by atoms with E-state index in [1.54, 1.807) is 0 Å². The van der Waals surface area contributed by atoms with Gasteiger partial charge in [-0.25, -0.2) is 4.79 Å². The number of benzene rings is 1. The van der Waals surface area contributed by atoms with Crippen LogP contribution in [0.15, 0.2) is 27.4 Å². The van der Waals surface area contributed by atoms with Crippen LogP contribution < -0.4 is 5.76 Å². The number of nitrogens with one attached hydrogen (secondary N) is 1. The van der Waals surface area contributed by atoms with Crippen LogP contribution in [-0.4, -0.2) is 4.98 Å². The molecule has 0 aliphatic rings. The minimum atomic E-state index is -0.365. The fourth-order valence-corrected chi connectivity index (χ4v) is 1.98. The predicted molar refractivity (Wildman–Crippen MR) is 64.7 cm³/mol. The van der Waals surface area contributed by atoms with E-state index in [2.05, 4.69) is 18.0 Å². The molecule has 0 aliphatic heterocycles. The number of oxazole rings is 1. The molecule has 0 saturated heterocycles. The Labute approximate surface area is 94.5 Å². The molecule has 0 atom stereocenters. The molecule has 0 saturated carbocycles. The first kappa shape index (κ1) is 11.0. The Bertz CT molecular complexity index is 510. The largest absolute Gasteiger partial charge is 0.417 e. The molecule has 0 amide bonds. The van der Waals surface area contributed by atoms with E-state index in [0.29, 0.717) is 5.58 Å². The Balaban J connectivity index is 2.14. The number of para-hydroxylation sites is 1. The Morgan fingerprint density at radius 3 is 2.94 bits per heavy atom. The lowest BCUT2D eigenvalue weighted by Crippen LogP contribution is -1.95. The number of aromatic amines is 1. The molecule has 2 aromatic rings. The summed E-state index contributed by atoms with van der Waals surface area (Å²) in [7, 11) is 0. The number of hydrogen-bond acceptors (Lipinski definition) is 2. The van der Waals surface area contributed by atoms with Crippen LogP contribution in [0.2, 0.25) is 0 Å². The number of H-pyrrole nitrogens is 1. The third kappa shape index (κ3) is 2.35. The lowest BCUT2D eigenvalue weighted by Gasteiger charge is -2.01. The van der Waals surface area contributed by atoms with Crippen molar-refractivity contribution < 1.29 is 4.42 Å². The quantitative estimate of drug-likeness (QED) is 0.784. The summed E-state index contributed by atoms with van der Waals surface area (Å²) in [6.45, 7) is 2.20. The van der Waals surface area contributed by atoms with Gasteiger partial charge in [-0.3, -0.25) is 4.98 Å². The molecule has 1 aromatic carbocycles. The highest BCUT2D eigenvalue weighted by molar-refractivity contribution is 5.75. The van der Waals surface area contributed by atoms with Gasteiger partial charge in [-0.05, 0) is 24.5 Å². The van der Waals surface area contributed by atoms with E-state index in [9.17, 15) is 4.79 Å². The van der Waals surface area contributed by atoms with E-state index in [1.165, 1.54) is 31.2 Å². The van der Waals surface area contributed by atoms with Crippen LogP contribution in [0, 0.1) is 0 Å². The molecular weight excluding hydrogens is 202 g/mol. The molecule has 1 aromatic heterocycles. The molecule has 0 unspecified atom stereocenters. The third-order valence-electron chi connectivity index (χ3n) is 2.84. The topological polar surface area (TPSA) is 46.0 Å². The molecule has 0 aliphatic carbocycles. The molecule has 0 bridgehead atoms. The maximum absolute atomic E-state index is 11.1. The van der Waals surface area contributed by atoms with E-state index in [1.807, 2.05) is 12.1 Å². The summed E-state index contributed by atoms with van der Waals surface area (Å²) in [4.78, 5) is 13.8. The van der Waals surface area contributed by atoms with Crippen molar-refractivity contribution in [3.05, 3.63) is 34.3 Å². The van der Waals surface area contributed by atoms with Gasteiger partial charge in [0.1, 0.15) is 0 Å². The van der Waals surface area contributed by atoms with Crippen LogP contribution in [0.3, 0.4) is 0 Å². The van der Waals surface area contributed by atoms with Crippen LogP contribution in [0.1, 0.15) is 38.2 Å². The fourth-order valence-electron chi connectivity index (χ4n) is 1.98. The summed E-state index contributed by atoms with van der Waals surface area (Å²) < 4.78 is 5.02. The van der Waals surface area contributed by atoms with Gasteiger partial charge in [-0.1, -0.05) is 38.3 Å². The maximum Gasteiger partial charge on any atom is 0.417 e. The van der Waals surface area contributed by atoms with E-state index < -0.39 is 0 Å². The third-order valence-corrected chi connectivity index (χ3v) is 2.84. The average Bonchev–Trinajstić information content (AvgIpc) is 2.65. The van der Waals surface area contributed by atoms with E-state index in [-0.39, 0.29) is 5.76 Å². The van der Waals surface area contributed by atoms with Crippen molar-refractivity contribution in [3.63, 3.8) is 0 Å². The Hall–Kier alpha value is -1.51. The van der Waals surface area contributed by atoms with Crippen LogP contribution in [0.4, 0.5) is 0 Å². The number of fused-ring (bicyclic) bond motifs is 1. The zero-order valence-electron chi connectivity index (χ0n) is 9.58. The maximum atomic E-state index is 11.1. The highest BCUT2D eigenvalue weighted by Crippen LogP contribution is 2.17. The van der Waals surface area contributed by atoms with Crippen LogP contribution in [-0.2, 0) is 6.42 Å². The summed E-state index contributed by atoms with van der Waals surface area (Å²) in [5.41, 5.74) is 2.71. The van der Waals surface area contributed by atoms with Crippen molar-refractivity contribution in [1.82, 2.24) is 4.98 Å². The monoisotopic (exact) mass is 219 g/mol. The average molecular weight is 219 g/mol. The summed E-state index contributed by atoms with van der Waals surface area (Å²) in [6, 6.07) is 5.82. The standard InChI is InChI=1S/C13H17NO2/c1-2-3-4-5-7-10-8-6-9-11-12(10)14-13(15)16-11/h6,8-9H,2-5,7H2,1H3,(H,14,15). The second kappa shape index (κ2) is 5.01. The first-order valence-corrected chi connectivity index (χ1v) is 5.92. The molecule has 0 fully saturated rings. The first-order valence-electron chi connectivity index (χ1n) is 5.92. The van der Waals surface area contributed by atoms with Gasteiger partial charge in [0.05, 0.1) is 5.52 Å². The summed E-state index contributed by atoms with van der Waals surface area (Å²) in [5.74, 6) is -0.365. The van der Waals surface area contributed by atoms with Crippen molar-refractivity contribution >= 4 is 11.1 Å². The van der Waals surface area contributed by atoms with Crippen molar-refractivity contribution in [2.75, 3.05) is 0 Å². The van der Waals surface area contributed by atoms with Crippen molar-refractivity contribution in [3.8, 4) is 0 Å². The zero-order chi connectivity index (χ0) is 11.4. The van der Waals surface area contributed by atoms with Gasteiger partial charge in [-0.2, -0.15) is 0 Å². The SMILES string of the molecule is CCCCCCc1cccc2oc(=O)[nH]c12. The molecule has 3 heteroatoms. The number of rotatable bonds is 5. The van der Waals surface area contributed by atoms with Crippen LogP contribution >= 0.6 is 0 Å². The minimum Gasteiger partial charge on any atom is -0.408 e. The van der Waals surface area contributed by atoms with Gasteiger partial charge >= 0.3 is 5.76 Å². The van der Waals surface area contributed by atoms with E-state index in [4.69, 9.17) is 4.42 Å². The molecule has 1 heterocycles. The summed E-state index contributed by atoms with van der Waals surface area (Å²) in [6.07, 6.45) is 5.94. The Morgan fingerprint density at radius 1 is 1.25 bits per heavy atom. The highest BCUT2D eigenvalue weighted by atomic mass is 16.4.